The number of nitrogens with one attached hydrogen (secondary N) is 1. The van der Waals surface area contributed by atoms with Crippen LogP contribution in [0, 0.1) is 0 Å². The van der Waals surface area contributed by atoms with Gasteiger partial charge in [0.05, 0.1) is 0 Å². The van der Waals surface area contributed by atoms with Crippen molar-refractivity contribution in [3.8, 4) is 0 Å². The minimum absolute atomic E-state index is 0.608. The number of thiocarbonyl (C=S) groups is 1. The van der Waals surface area contributed by atoms with Crippen molar-refractivity contribution in [2.24, 2.45) is 0 Å². The van der Waals surface area contributed by atoms with Gasteiger partial charge in [-0.05, 0) is 12.2 Å². The molecule has 0 saturated carbocycles. The van der Waals surface area contributed by atoms with E-state index in [4.69, 9.17) is 12.2 Å². The summed E-state index contributed by atoms with van der Waals surface area (Å²) in [7, 11) is 1.20. The smallest absolute Gasteiger partial charge is 0.168 e. The van der Waals surface area contributed by atoms with Gasteiger partial charge >= 0.3 is 0 Å². The van der Waals surface area contributed by atoms with Gasteiger partial charge in [0, 0.05) is 42.4 Å². The molecule has 0 aromatic rings. The molecule has 1 aliphatic rings. The standard InChI is InChI=1S/C6H12N2OS2/c1-7-6(10)8-2-4-11(9)5-3-8/h2-5H2,1H3,(H,7,10). The molecule has 0 aromatic heterocycles. The maximum atomic E-state index is 10.9. The van der Waals surface area contributed by atoms with Crippen LogP contribution in [0.4, 0.5) is 0 Å². The van der Waals surface area contributed by atoms with E-state index in [0.717, 1.165) is 29.7 Å². The molecule has 3 nitrogen and oxygen atoms in total. The first-order valence-electron chi connectivity index (χ1n) is 3.55. The van der Waals surface area contributed by atoms with Crippen LogP contribution in [0.25, 0.3) is 0 Å². The van der Waals surface area contributed by atoms with E-state index in [1.54, 1.807) is 0 Å². The molecule has 0 radical (unpaired) electrons. The van der Waals surface area contributed by atoms with Crippen LogP contribution in [-0.2, 0) is 10.8 Å². The van der Waals surface area contributed by atoms with Crippen molar-refractivity contribution in [3.63, 3.8) is 0 Å². The summed E-state index contributed by atoms with van der Waals surface area (Å²) < 4.78 is 10.9. The van der Waals surface area contributed by atoms with Crippen molar-refractivity contribution in [3.05, 3.63) is 0 Å². The minimum atomic E-state index is -0.608. The second-order valence-electron chi connectivity index (χ2n) is 2.39. The molecule has 1 rings (SSSR count). The summed E-state index contributed by atoms with van der Waals surface area (Å²) >= 11 is 5.03. The van der Waals surface area contributed by atoms with E-state index < -0.39 is 10.8 Å². The van der Waals surface area contributed by atoms with Gasteiger partial charge in [0.1, 0.15) is 0 Å². The van der Waals surface area contributed by atoms with Gasteiger partial charge in [0.25, 0.3) is 0 Å². The van der Waals surface area contributed by atoms with E-state index >= 15 is 0 Å². The first-order chi connectivity index (χ1) is 5.24. The van der Waals surface area contributed by atoms with E-state index in [9.17, 15) is 4.21 Å². The van der Waals surface area contributed by atoms with E-state index in [1.807, 2.05) is 7.05 Å². The molecule has 1 fully saturated rings. The summed E-state index contributed by atoms with van der Waals surface area (Å²) in [6.07, 6.45) is 0. The number of hydrogen-bond donors (Lipinski definition) is 1. The zero-order valence-corrected chi connectivity index (χ0v) is 8.13. The molecule has 5 heteroatoms. The van der Waals surface area contributed by atoms with Gasteiger partial charge < -0.3 is 10.2 Å². The lowest BCUT2D eigenvalue weighted by atomic mass is 10.5. The summed E-state index contributed by atoms with van der Waals surface area (Å²) in [5.41, 5.74) is 0. The Morgan fingerprint density at radius 2 is 2.09 bits per heavy atom. The third-order valence-electron chi connectivity index (χ3n) is 1.68. The predicted molar refractivity (Wildman–Crippen MR) is 51.1 cm³/mol. The lowest BCUT2D eigenvalue weighted by molar-refractivity contribution is 0.451. The number of rotatable bonds is 0. The van der Waals surface area contributed by atoms with Crippen LogP contribution < -0.4 is 5.32 Å². The predicted octanol–water partition coefficient (Wildman–Crippen LogP) is -0.445. The summed E-state index contributed by atoms with van der Waals surface area (Å²) in [6, 6.07) is 0. The van der Waals surface area contributed by atoms with Gasteiger partial charge in [-0.2, -0.15) is 0 Å². The maximum absolute atomic E-state index is 10.9. The lowest BCUT2D eigenvalue weighted by Gasteiger charge is -2.27. The average Bonchev–Trinajstić information content (AvgIpc) is 2.05. The SMILES string of the molecule is CNC(=S)N1CCS(=O)CC1. The van der Waals surface area contributed by atoms with Crippen LogP contribution in [0.15, 0.2) is 0 Å². The Kier molecular flexibility index (Phi) is 3.26. The van der Waals surface area contributed by atoms with Crippen LogP contribution in [0.1, 0.15) is 0 Å². The molecule has 0 amide bonds. The van der Waals surface area contributed by atoms with Crippen molar-refractivity contribution in [1.29, 1.82) is 0 Å². The van der Waals surface area contributed by atoms with Crippen molar-refractivity contribution < 1.29 is 4.21 Å². The molecule has 0 bridgehead atoms. The van der Waals surface area contributed by atoms with Crippen LogP contribution in [0.5, 0.6) is 0 Å². The maximum Gasteiger partial charge on any atom is 0.168 e. The fraction of sp³-hybridized carbons (Fsp3) is 0.833. The van der Waals surface area contributed by atoms with Crippen molar-refractivity contribution >= 4 is 28.1 Å². The Hall–Kier alpha value is -0.160. The van der Waals surface area contributed by atoms with Gasteiger partial charge in [0.15, 0.2) is 5.11 Å². The molecule has 0 aliphatic carbocycles. The average molecular weight is 192 g/mol. The second-order valence-corrected chi connectivity index (χ2v) is 4.47. The molecule has 0 aromatic carbocycles. The van der Waals surface area contributed by atoms with Crippen molar-refractivity contribution in [1.82, 2.24) is 10.2 Å². The van der Waals surface area contributed by atoms with E-state index in [-0.39, 0.29) is 0 Å². The first-order valence-corrected chi connectivity index (χ1v) is 5.45. The molecule has 64 valence electrons. The molecule has 0 spiro atoms. The third-order valence-corrected chi connectivity index (χ3v) is 3.42. The number of hydrogen-bond acceptors (Lipinski definition) is 2. The Labute approximate surface area is 74.6 Å². The second kappa shape index (κ2) is 4.01. The highest BCUT2D eigenvalue weighted by molar-refractivity contribution is 7.85. The molecule has 0 atom stereocenters. The fourth-order valence-corrected chi connectivity index (χ4v) is 2.23. The van der Waals surface area contributed by atoms with E-state index in [1.165, 1.54) is 0 Å². The highest BCUT2D eigenvalue weighted by Crippen LogP contribution is 1.99. The summed E-state index contributed by atoms with van der Waals surface area (Å²) in [6.45, 7) is 1.65. The zero-order chi connectivity index (χ0) is 8.27. The molecule has 1 saturated heterocycles. The van der Waals surface area contributed by atoms with Gasteiger partial charge in [-0.25, -0.2) is 0 Å². The van der Waals surface area contributed by atoms with Crippen LogP contribution in [-0.4, -0.2) is 45.9 Å². The third kappa shape index (κ3) is 2.41. The molecular weight excluding hydrogens is 180 g/mol. The summed E-state index contributed by atoms with van der Waals surface area (Å²) in [5.74, 6) is 1.50. The zero-order valence-electron chi connectivity index (χ0n) is 6.50. The largest absolute Gasteiger partial charge is 0.366 e. The van der Waals surface area contributed by atoms with Crippen LogP contribution in [0.2, 0.25) is 0 Å². The Morgan fingerprint density at radius 3 is 2.55 bits per heavy atom. The van der Waals surface area contributed by atoms with Crippen LogP contribution in [0.3, 0.4) is 0 Å². The normalized spacial score (nSPS) is 19.9. The first kappa shape index (κ1) is 8.93. The van der Waals surface area contributed by atoms with Crippen LogP contribution >= 0.6 is 12.2 Å². The molecule has 0 unspecified atom stereocenters. The Balaban J connectivity index is 2.39. The molecule has 1 aliphatic heterocycles. The highest BCUT2D eigenvalue weighted by atomic mass is 32.2. The molecular formula is C6H12N2OS2. The Bertz CT molecular complexity index is 173. The topological polar surface area (TPSA) is 32.3 Å². The minimum Gasteiger partial charge on any atom is -0.366 e. The van der Waals surface area contributed by atoms with Crippen molar-refractivity contribution in [2.45, 2.75) is 0 Å². The molecule has 1 N–H and O–H groups in total. The summed E-state index contributed by atoms with van der Waals surface area (Å²) in [5, 5.41) is 3.67. The molecule has 11 heavy (non-hydrogen) atoms. The highest BCUT2D eigenvalue weighted by Gasteiger charge is 2.15. The van der Waals surface area contributed by atoms with Gasteiger partial charge in [-0.1, -0.05) is 0 Å². The fourth-order valence-electron chi connectivity index (χ4n) is 0.999. The number of nitrogens with zero attached hydrogens (tertiary/aromatic N) is 1. The van der Waals surface area contributed by atoms with Crippen molar-refractivity contribution in [2.75, 3.05) is 31.6 Å². The lowest BCUT2D eigenvalue weighted by Crippen LogP contribution is -2.45. The van der Waals surface area contributed by atoms with E-state index in [2.05, 4.69) is 10.2 Å². The van der Waals surface area contributed by atoms with Gasteiger partial charge in [-0.15, -0.1) is 0 Å². The quantitative estimate of drug-likeness (QED) is 0.527. The Morgan fingerprint density at radius 1 is 1.55 bits per heavy atom. The summed E-state index contributed by atoms with van der Waals surface area (Å²) in [4.78, 5) is 2.05. The monoisotopic (exact) mass is 192 g/mol. The van der Waals surface area contributed by atoms with Gasteiger partial charge in [0.2, 0.25) is 0 Å². The molecule has 1 heterocycles. The van der Waals surface area contributed by atoms with E-state index in [0.29, 0.717) is 0 Å². The van der Waals surface area contributed by atoms with Gasteiger partial charge in [-0.3, -0.25) is 4.21 Å².